The van der Waals surface area contributed by atoms with Crippen molar-refractivity contribution in [3.8, 4) is 0 Å². The van der Waals surface area contributed by atoms with Crippen LogP contribution in [-0.2, 0) is 4.74 Å². The Morgan fingerprint density at radius 3 is 2.74 bits per heavy atom. The summed E-state index contributed by atoms with van der Waals surface area (Å²) in [7, 11) is 4.64. The minimum absolute atomic E-state index is 0.0352. The van der Waals surface area contributed by atoms with Gasteiger partial charge < -0.3 is 9.64 Å². The van der Waals surface area contributed by atoms with Crippen LogP contribution < -0.4 is 10.3 Å². The molecule has 0 aliphatic rings. The van der Waals surface area contributed by atoms with Gasteiger partial charge in [0, 0.05) is 25.7 Å². The predicted molar refractivity (Wildman–Crippen MR) is 70.6 cm³/mol. The number of carbonyl (C=O) groups excluding carboxylic acids is 1. The van der Waals surface area contributed by atoms with Crippen LogP contribution in [0.25, 0.3) is 0 Å². The highest BCUT2D eigenvalue weighted by atomic mass is 16.6. The van der Waals surface area contributed by atoms with Gasteiger partial charge in [0.15, 0.2) is 0 Å². The Bertz CT molecular complexity index is 513. The molecule has 0 aliphatic heterocycles. The van der Waals surface area contributed by atoms with Crippen LogP contribution in [0, 0.1) is 10.1 Å². The van der Waals surface area contributed by atoms with E-state index in [2.05, 4.69) is 15.3 Å². The number of rotatable bonds is 4. The molecule has 8 heteroatoms. The number of ether oxygens (including phenoxy) is 1. The monoisotopic (exact) mass is 266 g/mol. The van der Waals surface area contributed by atoms with Crippen LogP contribution in [0.5, 0.6) is 0 Å². The largest absolute Gasteiger partial charge is 0.452 e. The maximum absolute atomic E-state index is 11.0. The van der Waals surface area contributed by atoms with Gasteiger partial charge in [0.1, 0.15) is 5.69 Å². The lowest BCUT2D eigenvalue weighted by molar-refractivity contribution is -0.384. The van der Waals surface area contributed by atoms with Crippen molar-refractivity contribution in [3.05, 3.63) is 33.9 Å². The molecule has 0 fully saturated rings. The Hall–Kier alpha value is -2.64. The number of nitro groups is 1. The summed E-state index contributed by atoms with van der Waals surface area (Å²) in [6, 6.07) is 4.64. The summed E-state index contributed by atoms with van der Waals surface area (Å²) in [4.78, 5) is 22.9. The summed E-state index contributed by atoms with van der Waals surface area (Å²) in [6.07, 6.45) is 0.583. The smallest absolute Gasteiger partial charge is 0.427 e. The molecule has 0 atom stereocenters. The van der Waals surface area contributed by atoms with Crippen molar-refractivity contribution < 1.29 is 14.5 Å². The van der Waals surface area contributed by atoms with Gasteiger partial charge in [-0.15, -0.1) is 0 Å². The minimum atomic E-state index is -0.712. The first-order valence-electron chi connectivity index (χ1n) is 5.28. The number of nitro benzene ring substituents is 1. The number of nitrogens with one attached hydrogen (secondary N) is 1. The fourth-order valence-electron chi connectivity index (χ4n) is 1.35. The molecule has 19 heavy (non-hydrogen) atoms. The van der Waals surface area contributed by atoms with Crippen molar-refractivity contribution in [2.24, 2.45) is 5.10 Å². The van der Waals surface area contributed by atoms with Crippen molar-refractivity contribution >= 4 is 23.7 Å². The van der Waals surface area contributed by atoms with E-state index in [0.717, 1.165) is 0 Å². The molecular weight excluding hydrogens is 252 g/mol. The molecule has 0 aliphatic carbocycles. The first kappa shape index (κ1) is 14.4. The number of hydrazone groups is 1. The van der Waals surface area contributed by atoms with E-state index >= 15 is 0 Å². The second-order valence-corrected chi connectivity index (χ2v) is 3.76. The lowest BCUT2D eigenvalue weighted by Gasteiger charge is -2.12. The fraction of sp³-hybridized carbons (Fsp3) is 0.273. The highest BCUT2D eigenvalue weighted by Gasteiger charge is 2.15. The number of anilines is 1. The first-order valence-corrected chi connectivity index (χ1v) is 5.28. The Morgan fingerprint density at radius 1 is 1.53 bits per heavy atom. The average molecular weight is 266 g/mol. The number of amides is 1. The van der Waals surface area contributed by atoms with Crippen LogP contribution in [0.1, 0.15) is 5.56 Å². The predicted octanol–water partition coefficient (Wildman–Crippen LogP) is 1.35. The maximum Gasteiger partial charge on any atom is 0.427 e. The Kier molecular flexibility index (Phi) is 4.81. The van der Waals surface area contributed by atoms with Crippen LogP contribution in [0.3, 0.4) is 0 Å². The number of benzene rings is 1. The maximum atomic E-state index is 11.0. The van der Waals surface area contributed by atoms with Gasteiger partial charge in [-0.25, -0.2) is 10.2 Å². The van der Waals surface area contributed by atoms with Crippen molar-refractivity contribution in [2.45, 2.75) is 0 Å². The summed E-state index contributed by atoms with van der Waals surface area (Å²) in [5.74, 6) is 0. The van der Waals surface area contributed by atoms with E-state index < -0.39 is 11.0 Å². The molecule has 0 saturated heterocycles. The molecule has 0 aromatic heterocycles. The molecule has 102 valence electrons. The van der Waals surface area contributed by atoms with Crippen LogP contribution >= 0.6 is 0 Å². The molecule has 1 aromatic carbocycles. The van der Waals surface area contributed by atoms with E-state index in [1.165, 1.54) is 19.4 Å². The molecule has 1 N–H and O–H groups in total. The van der Waals surface area contributed by atoms with Gasteiger partial charge in [-0.1, -0.05) is 6.07 Å². The third-order valence-corrected chi connectivity index (χ3v) is 2.23. The van der Waals surface area contributed by atoms with E-state index in [4.69, 9.17) is 0 Å². The summed E-state index contributed by atoms with van der Waals surface area (Å²) < 4.78 is 4.32. The molecule has 0 radical (unpaired) electrons. The van der Waals surface area contributed by atoms with Crippen LogP contribution in [0.4, 0.5) is 16.2 Å². The minimum Gasteiger partial charge on any atom is -0.452 e. The van der Waals surface area contributed by atoms with Crippen LogP contribution in [0.2, 0.25) is 0 Å². The third-order valence-electron chi connectivity index (χ3n) is 2.23. The van der Waals surface area contributed by atoms with Gasteiger partial charge in [0.2, 0.25) is 0 Å². The molecule has 1 aromatic rings. The van der Waals surface area contributed by atoms with E-state index in [1.54, 1.807) is 31.1 Å². The number of carbonyl (C=O) groups is 1. The zero-order chi connectivity index (χ0) is 14.4. The molecule has 0 saturated carbocycles. The van der Waals surface area contributed by atoms with Gasteiger partial charge in [-0.2, -0.15) is 5.10 Å². The summed E-state index contributed by atoms with van der Waals surface area (Å²) >= 11 is 0. The molecular formula is C11H14N4O4. The van der Waals surface area contributed by atoms with Crippen molar-refractivity contribution in [2.75, 3.05) is 26.1 Å². The second-order valence-electron chi connectivity index (χ2n) is 3.76. The third kappa shape index (κ3) is 3.95. The normalized spacial score (nSPS) is 10.3. The van der Waals surface area contributed by atoms with E-state index in [0.29, 0.717) is 11.3 Å². The molecule has 1 rings (SSSR count). The molecule has 0 bridgehead atoms. The lowest BCUT2D eigenvalue weighted by Crippen LogP contribution is -2.16. The lowest BCUT2D eigenvalue weighted by atomic mass is 10.2. The van der Waals surface area contributed by atoms with Gasteiger partial charge in [0.25, 0.3) is 5.69 Å². The topological polar surface area (TPSA) is 97.1 Å². The summed E-state index contributed by atoms with van der Waals surface area (Å²) in [5, 5.41) is 14.6. The van der Waals surface area contributed by atoms with E-state index in [-0.39, 0.29) is 5.69 Å². The Morgan fingerprint density at radius 2 is 2.21 bits per heavy atom. The Labute approximate surface area is 109 Å². The second kappa shape index (κ2) is 6.34. The van der Waals surface area contributed by atoms with E-state index in [9.17, 15) is 14.9 Å². The van der Waals surface area contributed by atoms with Gasteiger partial charge in [-0.3, -0.25) is 10.1 Å². The molecule has 0 heterocycles. The van der Waals surface area contributed by atoms with Gasteiger partial charge >= 0.3 is 6.09 Å². The SMILES string of the molecule is COC(=O)N/N=C\c1ccc(N(C)C)c([N+](=O)[O-])c1. The van der Waals surface area contributed by atoms with Crippen molar-refractivity contribution in [3.63, 3.8) is 0 Å². The van der Waals surface area contributed by atoms with Crippen LogP contribution in [-0.4, -0.2) is 38.4 Å². The fourth-order valence-corrected chi connectivity index (χ4v) is 1.35. The van der Waals surface area contributed by atoms with Gasteiger partial charge in [0.05, 0.1) is 18.2 Å². The summed E-state index contributed by atoms with van der Waals surface area (Å²) in [6.45, 7) is 0. The highest BCUT2D eigenvalue weighted by Crippen LogP contribution is 2.26. The molecule has 0 unspecified atom stereocenters. The number of nitrogens with zero attached hydrogens (tertiary/aromatic N) is 3. The van der Waals surface area contributed by atoms with E-state index in [1.807, 2.05) is 0 Å². The number of hydrogen-bond donors (Lipinski definition) is 1. The number of hydrogen-bond acceptors (Lipinski definition) is 6. The zero-order valence-corrected chi connectivity index (χ0v) is 10.8. The standard InChI is InChI=1S/C11H14N4O4/c1-14(2)9-5-4-8(6-10(9)15(17)18)7-12-13-11(16)19-3/h4-7H,1-3H3,(H,13,16)/b12-7-. The zero-order valence-electron chi connectivity index (χ0n) is 10.8. The van der Waals surface area contributed by atoms with Crippen molar-refractivity contribution in [1.82, 2.24) is 5.43 Å². The average Bonchev–Trinajstić information content (AvgIpc) is 2.38. The van der Waals surface area contributed by atoms with Gasteiger partial charge in [-0.05, 0) is 6.07 Å². The molecule has 0 spiro atoms. The quantitative estimate of drug-likeness (QED) is 0.504. The first-order chi connectivity index (χ1) is 8.95. The summed E-state index contributed by atoms with van der Waals surface area (Å²) in [5.41, 5.74) is 3.04. The number of methoxy groups -OCH3 is 1. The Balaban J connectivity index is 2.96. The molecule has 1 amide bonds. The van der Waals surface area contributed by atoms with Crippen LogP contribution in [0.15, 0.2) is 23.3 Å². The van der Waals surface area contributed by atoms with Crippen molar-refractivity contribution in [1.29, 1.82) is 0 Å². The molecule has 8 nitrogen and oxygen atoms in total. The highest BCUT2D eigenvalue weighted by molar-refractivity contribution is 5.84.